The van der Waals surface area contributed by atoms with Crippen LogP contribution >= 0.6 is 34.8 Å². The van der Waals surface area contributed by atoms with Gasteiger partial charge in [0.1, 0.15) is 0 Å². The first kappa shape index (κ1) is 16.9. The molecule has 0 saturated carbocycles. The highest BCUT2D eigenvalue weighted by molar-refractivity contribution is 6.48. The molecule has 0 spiro atoms. The fraction of sp³-hybridized carbons (Fsp3) is 0.0769. The Kier molecular flexibility index (Phi) is 4.84. The molecule has 0 aliphatic heterocycles. The number of rotatable bonds is 3. The van der Waals surface area contributed by atoms with Gasteiger partial charge in [0.2, 0.25) is 5.95 Å². The molecular formula is C13H5Cl3F3NO2. The first-order valence-corrected chi connectivity index (χ1v) is 6.75. The number of pyridine rings is 1. The molecule has 0 fully saturated rings. The predicted molar refractivity (Wildman–Crippen MR) is 75.9 cm³/mol. The van der Waals surface area contributed by atoms with E-state index >= 15 is 0 Å². The summed E-state index contributed by atoms with van der Waals surface area (Å²) in [6.07, 6.45) is -0.912. The van der Waals surface area contributed by atoms with Crippen molar-refractivity contribution >= 4 is 40.8 Å². The van der Waals surface area contributed by atoms with Gasteiger partial charge in [0, 0.05) is 0 Å². The van der Waals surface area contributed by atoms with Crippen molar-refractivity contribution in [2.75, 3.05) is 0 Å². The standard InChI is InChI=1S/C13H5Cl3F3NO2/c14-5-1-4(2-6(15)10(5)16)9-11(17)7(3-8(21)22)20-13(19)12(9)18/h1-2H,3H2,(H,21,22). The normalized spacial score (nSPS) is 10.8. The minimum absolute atomic E-state index is 0.0341. The number of halogens is 6. The SMILES string of the molecule is O=C(O)Cc1nc(F)c(F)c(-c2cc(Cl)c(Cl)c(Cl)c2)c1F. The number of aromatic nitrogens is 1. The highest BCUT2D eigenvalue weighted by Crippen LogP contribution is 2.37. The van der Waals surface area contributed by atoms with Gasteiger partial charge < -0.3 is 5.11 Å². The van der Waals surface area contributed by atoms with E-state index in [1.165, 1.54) is 0 Å². The third-order valence-corrected chi connectivity index (χ3v) is 3.89. The molecular weight excluding hydrogens is 366 g/mol. The fourth-order valence-corrected chi connectivity index (χ4v) is 2.37. The second-order valence-corrected chi connectivity index (χ2v) is 5.37. The largest absolute Gasteiger partial charge is 0.481 e. The van der Waals surface area contributed by atoms with E-state index in [1.807, 2.05) is 0 Å². The zero-order chi connectivity index (χ0) is 16.6. The summed E-state index contributed by atoms with van der Waals surface area (Å²) in [7, 11) is 0. The van der Waals surface area contributed by atoms with Crippen LogP contribution in [0.15, 0.2) is 12.1 Å². The lowest BCUT2D eigenvalue weighted by molar-refractivity contribution is -0.136. The van der Waals surface area contributed by atoms with Crippen LogP contribution in [0.3, 0.4) is 0 Å². The van der Waals surface area contributed by atoms with E-state index < -0.39 is 41.2 Å². The van der Waals surface area contributed by atoms with Crippen LogP contribution in [0.25, 0.3) is 11.1 Å². The van der Waals surface area contributed by atoms with Gasteiger partial charge in [-0.2, -0.15) is 4.39 Å². The second kappa shape index (κ2) is 6.32. The zero-order valence-corrected chi connectivity index (χ0v) is 12.7. The van der Waals surface area contributed by atoms with Crippen LogP contribution in [-0.4, -0.2) is 16.1 Å². The smallest absolute Gasteiger partial charge is 0.309 e. The summed E-state index contributed by atoms with van der Waals surface area (Å²) in [6, 6.07) is 2.17. The molecule has 0 radical (unpaired) electrons. The van der Waals surface area contributed by atoms with Crippen LogP contribution in [-0.2, 0) is 11.2 Å². The van der Waals surface area contributed by atoms with Gasteiger partial charge in [-0.3, -0.25) is 4.79 Å². The third-order valence-electron chi connectivity index (χ3n) is 2.70. The topological polar surface area (TPSA) is 50.2 Å². The van der Waals surface area contributed by atoms with E-state index in [2.05, 4.69) is 4.98 Å². The maximum Gasteiger partial charge on any atom is 0.309 e. The number of carboxylic acids is 1. The van der Waals surface area contributed by atoms with Crippen molar-refractivity contribution in [1.29, 1.82) is 0 Å². The van der Waals surface area contributed by atoms with Gasteiger partial charge in [-0.05, 0) is 17.7 Å². The minimum Gasteiger partial charge on any atom is -0.481 e. The average Bonchev–Trinajstić information content (AvgIpc) is 2.41. The predicted octanol–water partition coefficient (Wildman–Crippen LogP) is 4.75. The Bertz CT molecular complexity index is 761. The van der Waals surface area contributed by atoms with E-state index in [1.54, 1.807) is 0 Å². The molecule has 1 aromatic heterocycles. The molecule has 2 rings (SSSR count). The highest BCUT2D eigenvalue weighted by Gasteiger charge is 2.24. The molecule has 1 N–H and O–H groups in total. The zero-order valence-electron chi connectivity index (χ0n) is 10.4. The summed E-state index contributed by atoms with van der Waals surface area (Å²) in [6.45, 7) is 0. The van der Waals surface area contributed by atoms with Crippen LogP contribution in [0, 0.1) is 17.6 Å². The highest BCUT2D eigenvalue weighted by atomic mass is 35.5. The molecule has 116 valence electrons. The molecule has 3 nitrogen and oxygen atoms in total. The second-order valence-electron chi connectivity index (χ2n) is 4.18. The van der Waals surface area contributed by atoms with Gasteiger partial charge in [-0.1, -0.05) is 34.8 Å². The maximum absolute atomic E-state index is 14.3. The maximum atomic E-state index is 14.3. The van der Waals surface area contributed by atoms with E-state index in [0.717, 1.165) is 12.1 Å². The van der Waals surface area contributed by atoms with Gasteiger partial charge in [0.15, 0.2) is 11.6 Å². The molecule has 9 heteroatoms. The summed E-state index contributed by atoms with van der Waals surface area (Å²) in [5.74, 6) is -5.97. The lowest BCUT2D eigenvalue weighted by atomic mass is 10.0. The van der Waals surface area contributed by atoms with Gasteiger partial charge >= 0.3 is 5.97 Å². The van der Waals surface area contributed by atoms with Crippen molar-refractivity contribution in [2.24, 2.45) is 0 Å². The van der Waals surface area contributed by atoms with E-state index in [-0.39, 0.29) is 20.6 Å². The monoisotopic (exact) mass is 369 g/mol. The molecule has 1 heterocycles. The first-order chi connectivity index (χ1) is 10.2. The molecule has 0 unspecified atom stereocenters. The number of aliphatic carboxylic acids is 1. The van der Waals surface area contributed by atoms with Crippen LogP contribution in [0.1, 0.15) is 5.69 Å². The van der Waals surface area contributed by atoms with Crippen molar-refractivity contribution in [2.45, 2.75) is 6.42 Å². The molecule has 0 bridgehead atoms. The summed E-state index contributed by atoms with van der Waals surface area (Å²) >= 11 is 17.3. The van der Waals surface area contributed by atoms with E-state index in [4.69, 9.17) is 39.9 Å². The van der Waals surface area contributed by atoms with Crippen molar-refractivity contribution in [1.82, 2.24) is 4.98 Å². The number of hydrogen-bond donors (Lipinski definition) is 1. The van der Waals surface area contributed by atoms with Crippen LogP contribution in [0.2, 0.25) is 15.1 Å². The molecule has 0 aliphatic carbocycles. The Balaban J connectivity index is 2.74. The van der Waals surface area contributed by atoms with Gasteiger partial charge in [0.05, 0.1) is 32.7 Å². The Morgan fingerprint density at radius 1 is 1.09 bits per heavy atom. The van der Waals surface area contributed by atoms with E-state index in [0.29, 0.717) is 0 Å². The van der Waals surface area contributed by atoms with Gasteiger partial charge in [-0.15, -0.1) is 0 Å². The van der Waals surface area contributed by atoms with Gasteiger partial charge in [-0.25, -0.2) is 13.8 Å². The molecule has 0 aliphatic rings. The Labute approximate surface area is 137 Å². The van der Waals surface area contributed by atoms with Crippen LogP contribution in [0.4, 0.5) is 13.2 Å². The number of benzene rings is 1. The summed E-state index contributed by atoms with van der Waals surface area (Å²) in [5, 5.41) is 8.43. The fourth-order valence-electron chi connectivity index (χ4n) is 1.77. The lowest BCUT2D eigenvalue weighted by Gasteiger charge is -2.11. The quantitative estimate of drug-likeness (QED) is 0.626. The number of carboxylic acid groups (broad SMARTS) is 1. The average molecular weight is 371 g/mol. The molecule has 2 aromatic rings. The molecule has 1 aromatic carbocycles. The first-order valence-electron chi connectivity index (χ1n) is 5.62. The Hall–Kier alpha value is -1.50. The lowest BCUT2D eigenvalue weighted by Crippen LogP contribution is -2.10. The summed E-state index contributed by atoms with van der Waals surface area (Å²) in [5.41, 5.74) is -1.75. The van der Waals surface area contributed by atoms with Gasteiger partial charge in [0.25, 0.3) is 0 Å². The Morgan fingerprint density at radius 3 is 2.14 bits per heavy atom. The van der Waals surface area contributed by atoms with Crippen molar-refractivity contribution in [3.05, 3.63) is 50.5 Å². The van der Waals surface area contributed by atoms with Crippen molar-refractivity contribution in [3.63, 3.8) is 0 Å². The van der Waals surface area contributed by atoms with Crippen molar-refractivity contribution < 1.29 is 23.1 Å². The molecule has 0 saturated heterocycles. The number of hydrogen-bond acceptors (Lipinski definition) is 2. The summed E-state index contributed by atoms with van der Waals surface area (Å²) < 4.78 is 41.7. The van der Waals surface area contributed by atoms with E-state index in [9.17, 15) is 18.0 Å². The Morgan fingerprint density at radius 2 is 1.64 bits per heavy atom. The van der Waals surface area contributed by atoms with Crippen LogP contribution in [0.5, 0.6) is 0 Å². The van der Waals surface area contributed by atoms with Crippen molar-refractivity contribution in [3.8, 4) is 11.1 Å². The van der Waals surface area contributed by atoms with Crippen LogP contribution < -0.4 is 0 Å². The third kappa shape index (κ3) is 3.14. The molecule has 22 heavy (non-hydrogen) atoms. The molecule has 0 atom stereocenters. The molecule has 0 amide bonds. The number of carbonyl (C=O) groups is 1. The minimum atomic E-state index is -1.63. The summed E-state index contributed by atoms with van der Waals surface area (Å²) in [4.78, 5) is 13.6. The number of nitrogens with zero attached hydrogens (tertiary/aromatic N) is 1.